The number of anilines is 1. The van der Waals surface area contributed by atoms with Crippen LogP contribution >= 0.6 is 11.6 Å². The van der Waals surface area contributed by atoms with E-state index >= 15 is 0 Å². The van der Waals surface area contributed by atoms with E-state index in [4.69, 9.17) is 25.8 Å². The van der Waals surface area contributed by atoms with Crippen molar-refractivity contribution in [3.8, 4) is 17.2 Å². The van der Waals surface area contributed by atoms with Gasteiger partial charge in [-0.2, -0.15) is 10.1 Å². The molecule has 0 saturated heterocycles. The first-order valence-electron chi connectivity index (χ1n) is 10.7. The Morgan fingerprint density at radius 3 is 2.79 bits per heavy atom. The Balaban J connectivity index is 1.65. The third kappa shape index (κ3) is 3.18. The number of pyridine rings is 1. The molecule has 170 valence electrons. The van der Waals surface area contributed by atoms with Crippen LogP contribution in [0.1, 0.15) is 28.8 Å². The van der Waals surface area contributed by atoms with Crippen LogP contribution < -0.4 is 19.5 Å². The summed E-state index contributed by atoms with van der Waals surface area (Å²) in [5.41, 5.74) is 4.43. The highest BCUT2D eigenvalue weighted by Crippen LogP contribution is 2.52. The molecule has 4 heterocycles. The van der Waals surface area contributed by atoms with Gasteiger partial charge in [-0.25, -0.2) is 4.68 Å². The van der Waals surface area contributed by atoms with Gasteiger partial charge in [0.1, 0.15) is 29.6 Å². The number of rotatable bonds is 4. The third-order valence-corrected chi connectivity index (χ3v) is 6.33. The topological polar surface area (TPSA) is 83.3 Å². The minimum atomic E-state index is -0.510. The number of fused-ring (bicyclic) bond motifs is 3. The first-order valence-corrected chi connectivity index (χ1v) is 11.0. The zero-order valence-electron chi connectivity index (χ0n) is 18.4. The molecule has 4 aromatic rings. The van der Waals surface area contributed by atoms with Gasteiger partial charge in [0.25, 0.3) is 0 Å². The van der Waals surface area contributed by atoms with Crippen LogP contribution in [0.15, 0.2) is 72.8 Å². The van der Waals surface area contributed by atoms with Crippen molar-refractivity contribution < 1.29 is 14.2 Å². The molecule has 0 amide bonds. The van der Waals surface area contributed by atoms with Crippen molar-refractivity contribution in [3.05, 3.63) is 94.5 Å². The fourth-order valence-corrected chi connectivity index (χ4v) is 4.77. The van der Waals surface area contributed by atoms with E-state index in [1.54, 1.807) is 20.4 Å². The molecule has 0 unspecified atom stereocenters. The van der Waals surface area contributed by atoms with Crippen LogP contribution in [-0.4, -0.2) is 34.0 Å². The fraction of sp³-hybridized carbons (Fsp3) is 0.160. The standard InChI is InChI=1S/C25H20ClN5O3/c1-32-16-6-8-19(33-2)18(11-16)24-21-22(17-10-15(26)5-7-20(17)34-24)30-25-28-13-29-31(25)23(21)14-4-3-9-27-12-14/h3-13,23-24H,1-2H3,(H,28,29,30)/t23-,24-/m0/s1. The van der Waals surface area contributed by atoms with Crippen LogP contribution in [0.4, 0.5) is 5.95 Å². The van der Waals surface area contributed by atoms with E-state index in [0.29, 0.717) is 28.2 Å². The maximum atomic E-state index is 6.65. The van der Waals surface area contributed by atoms with E-state index < -0.39 is 6.10 Å². The number of hydrogen-bond acceptors (Lipinski definition) is 7. The van der Waals surface area contributed by atoms with Gasteiger partial charge in [-0.3, -0.25) is 4.98 Å². The van der Waals surface area contributed by atoms with Crippen LogP contribution in [0.25, 0.3) is 5.70 Å². The molecule has 0 spiro atoms. The Morgan fingerprint density at radius 2 is 2.00 bits per heavy atom. The molecule has 0 saturated carbocycles. The summed E-state index contributed by atoms with van der Waals surface area (Å²) in [6.07, 6.45) is 4.60. The average Bonchev–Trinajstić information content (AvgIpc) is 3.35. The maximum Gasteiger partial charge on any atom is 0.226 e. The molecule has 0 radical (unpaired) electrons. The minimum absolute atomic E-state index is 0.324. The number of benzene rings is 2. The molecule has 8 nitrogen and oxygen atoms in total. The summed E-state index contributed by atoms with van der Waals surface area (Å²) in [5.74, 6) is 2.70. The normalized spacial score (nSPS) is 18.2. The van der Waals surface area contributed by atoms with Crippen LogP contribution in [0.3, 0.4) is 0 Å². The van der Waals surface area contributed by atoms with Gasteiger partial charge in [0, 0.05) is 34.1 Å². The van der Waals surface area contributed by atoms with E-state index in [1.807, 2.05) is 59.4 Å². The molecular formula is C25H20ClN5O3. The quantitative estimate of drug-likeness (QED) is 0.451. The molecule has 2 aromatic carbocycles. The molecule has 0 fully saturated rings. The van der Waals surface area contributed by atoms with Crippen molar-refractivity contribution in [2.45, 2.75) is 12.1 Å². The Hall–Kier alpha value is -4.04. The lowest BCUT2D eigenvalue weighted by Gasteiger charge is -2.39. The van der Waals surface area contributed by atoms with Crippen LogP contribution in [0, 0.1) is 0 Å². The molecule has 1 N–H and O–H groups in total. The summed E-state index contributed by atoms with van der Waals surface area (Å²) in [5, 5.41) is 8.60. The summed E-state index contributed by atoms with van der Waals surface area (Å²) >= 11 is 6.40. The summed E-state index contributed by atoms with van der Waals surface area (Å²) < 4.78 is 19.8. The first kappa shape index (κ1) is 20.6. The van der Waals surface area contributed by atoms with Crippen LogP contribution in [0.5, 0.6) is 17.2 Å². The zero-order chi connectivity index (χ0) is 23.2. The second kappa shape index (κ2) is 8.07. The Labute approximate surface area is 200 Å². The summed E-state index contributed by atoms with van der Waals surface area (Å²) in [7, 11) is 3.28. The molecule has 0 aliphatic carbocycles. The van der Waals surface area contributed by atoms with Crippen molar-refractivity contribution in [2.24, 2.45) is 0 Å². The third-order valence-electron chi connectivity index (χ3n) is 6.10. The van der Waals surface area contributed by atoms with E-state index in [9.17, 15) is 0 Å². The predicted molar refractivity (Wildman–Crippen MR) is 127 cm³/mol. The van der Waals surface area contributed by atoms with E-state index in [2.05, 4.69) is 20.4 Å². The van der Waals surface area contributed by atoms with Gasteiger partial charge in [0.2, 0.25) is 5.95 Å². The lowest BCUT2D eigenvalue weighted by molar-refractivity contribution is 0.217. The van der Waals surface area contributed by atoms with Crippen molar-refractivity contribution in [2.75, 3.05) is 19.5 Å². The molecule has 2 aromatic heterocycles. The first-order chi connectivity index (χ1) is 16.7. The number of aromatic nitrogens is 4. The number of nitrogens with zero attached hydrogens (tertiary/aromatic N) is 4. The zero-order valence-corrected chi connectivity index (χ0v) is 19.2. The lowest BCUT2D eigenvalue weighted by atomic mass is 9.84. The van der Waals surface area contributed by atoms with E-state index in [0.717, 1.165) is 28.0 Å². The highest BCUT2D eigenvalue weighted by atomic mass is 35.5. The van der Waals surface area contributed by atoms with Gasteiger partial charge in [-0.05, 0) is 48.0 Å². The Kier molecular flexibility index (Phi) is 4.88. The predicted octanol–water partition coefficient (Wildman–Crippen LogP) is 4.90. The number of methoxy groups -OCH3 is 2. The average molecular weight is 474 g/mol. The fourth-order valence-electron chi connectivity index (χ4n) is 4.60. The summed E-state index contributed by atoms with van der Waals surface area (Å²) in [6.45, 7) is 0. The highest BCUT2D eigenvalue weighted by Gasteiger charge is 2.42. The molecule has 2 aliphatic rings. The second-order valence-electron chi connectivity index (χ2n) is 7.92. The van der Waals surface area contributed by atoms with Crippen molar-refractivity contribution in [3.63, 3.8) is 0 Å². The van der Waals surface area contributed by atoms with E-state index in [1.165, 1.54) is 6.33 Å². The van der Waals surface area contributed by atoms with Gasteiger partial charge in [0.15, 0.2) is 6.10 Å². The molecular weight excluding hydrogens is 454 g/mol. The summed E-state index contributed by atoms with van der Waals surface area (Å²) in [6, 6.07) is 14.9. The SMILES string of the molecule is COc1ccc(OC)c([C@@H]2Oc3ccc(Cl)cc3C3=C2[C@H](c2cccnc2)n2ncnc2N3)c1. The highest BCUT2D eigenvalue weighted by molar-refractivity contribution is 6.30. The molecule has 9 heteroatoms. The van der Waals surface area contributed by atoms with Crippen LogP contribution in [0.2, 0.25) is 5.02 Å². The van der Waals surface area contributed by atoms with Crippen LogP contribution in [-0.2, 0) is 0 Å². The van der Waals surface area contributed by atoms with Gasteiger partial charge in [-0.15, -0.1) is 0 Å². The van der Waals surface area contributed by atoms with E-state index in [-0.39, 0.29) is 6.04 Å². The van der Waals surface area contributed by atoms with Gasteiger partial charge < -0.3 is 19.5 Å². The van der Waals surface area contributed by atoms with Gasteiger partial charge >= 0.3 is 0 Å². The molecule has 34 heavy (non-hydrogen) atoms. The minimum Gasteiger partial charge on any atom is -0.497 e. The monoisotopic (exact) mass is 473 g/mol. The number of halogens is 1. The molecule has 6 rings (SSSR count). The summed E-state index contributed by atoms with van der Waals surface area (Å²) in [4.78, 5) is 8.81. The maximum absolute atomic E-state index is 6.65. The molecule has 2 atom stereocenters. The van der Waals surface area contributed by atoms with Gasteiger partial charge in [-0.1, -0.05) is 17.7 Å². The Bertz CT molecular complexity index is 1420. The molecule has 2 aliphatic heterocycles. The smallest absolute Gasteiger partial charge is 0.226 e. The number of hydrogen-bond donors (Lipinski definition) is 1. The molecule has 0 bridgehead atoms. The number of ether oxygens (including phenoxy) is 3. The van der Waals surface area contributed by atoms with Crippen molar-refractivity contribution >= 4 is 23.2 Å². The largest absolute Gasteiger partial charge is 0.497 e. The Morgan fingerprint density at radius 1 is 1.09 bits per heavy atom. The lowest BCUT2D eigenvalue weighted by Crippen LogP contribution is -2.32. The second-order valence-corrected chi connectivity index (χ2v) is 8.36. The van der Waals surface area contributed by atoms with Gasteiger partial charge in [0.05, 0.1) is 19.9 Å². The van der Waals surface area contributed by atoms with Crippen molar-refractivity contribution in [1.29, 1.82) is 0 Å². The van der Waals surface area contributed by atoms with Crippen molar-refractivity contribution in [1.82, 2.24) is 19.7 Å². The number of nitrogens with one attached hydrogen (secondary N) is 1.